The zero-order chi connectivity index (χ0) is 13.8. The smallest absolute Gasteiger partial charge is 0.408 e. The minimum absolute atomic E-state index is 0.372. The van der Waals surface area contributed by atoms with Crippen molar-refractivity contribution in [3.05, 3.63) is 5.89 Å². The third-order valence-electron chi connectivity index (χ3n) is 1.79. The van der Waals surface area contributed by atoms with Crippen molar-refractivity contribution in [2.45, 2.75) is 51.5 Å². The molecule has 0 aromatic carbocycles. The summed E-state index contributed by atoms with van der Waals surface area (Å²) in [5.74, 6) is 1.23. The summed E-state index contributed by atoms with van der Waals surface area (Å²) in [6.45, 7) is 9.18. The van der Waals surface area contributed by atoms with E-state index in [1.807, 2.05) is 6.92 Å². The molecule has 7 heteroatoms. The maximum absolute atomic E-state index is 11.5. The molecule has 1 amide bonds. The number of nitrogens with one attached hydrogen (secondary N) is 1. The molecule has 0 unspecified atom stereocenters. The number of alkyl carbamates (subject to hydrolysis) is 1. The predicted molar refractivity (Wildman–Crippen MR) is 68.5 cm³/mol. The van der Waals surface area contributed by atoms with Gasteiger partial charge in [-0.25, -0.2) is 4.79 Å². The molecule has 0 bridgehead atoms. The number of aromatic nitrogens is 2. The first kappa shape index (κ1) is 14.8. The van der Waals surface area contributed by atoms with Crippen LogP contribution in [0.3, 0.4) is 0 Å². The zero-order valence-corrected chi connectivity index (χ0v) is 12.1. The molecule has 0 saturated heterocycles. The van der Waals surface area contributed by atoms with E-state index in [1.165, 1.54) is 11.8 Å². The lowest BCUT2D eigenvalue weighted by atomic mass is 10.2. The monoisotopic (exact) mass is 273 g/mol. The molecule has 0 spiro atoms. The van der Waals surface area contributed by atoms with Crippen LogP contribution in [0.5, 0.6) is 0 Å². The third kappa shape index (κ3) is 4.95. The average Bonchev–Trinajstić information content (AvgIpc) is 2.63. The highest BCUT2D eigenvalue weighted by Crippen LogP contribution is 2.19. The summed E-state index contributed by atoms with van der Waals surface area (Å²) in [7, 11) is 0. The molecule has 1 N–H and O–H groups in total. The summed E-state index contributed by atoms with van der Waals surface area (Å²) in [5, 5.41) is 10.9. The molecule has 1 heterocycles. The Morgan fingerprint density at radius 3 is 2.72 bits per heavy atom. The lowest BCUT2D eigenvalue weighted by molar-refractivity contribution is 0.0500. The first-order chi connectivity index (χ1) is 8.31. The van der Waals surface area contributed by atoms with Crippen molar-refractivity contribution < 1.29 is 13.9 Å². The summed E-state index contributed by atoms with van der Waals surface area (Å²) in [4.78, 5) is 11.5. The van der Waals surface area contributed by atoms with Gasteiger partial charge in [0.15, 0.2) is 0 Å². The molecule has 0 aliphatic carbocycles. The minimum Gasteiger partial charge on any atom is -0.444 e. The highest BCUT2D eigenvalue weighted by Gasteiger charge is 2.21. The number of nitrogens with zero attached hydrogens (tertiary/aromatic N) is 2. The second-order valence-corrected chi connectivity index (χ2v) is 5.92. The maximum Gasteiger partial charge on any atom is 0.408 e. The molecule has 18 heavy (non-hydrogen) atoms. The van der Waals surface area contributed by atoms with E-state index in [-0.39, 0.29) is 6.04 Å². The van der Waals surface area contributed by atoms with Crippen LogP contribution in [0, 0.1) is 0 Å². The van der Waals surface area contributed by atoms with Gasteiger partial charge in [0.05, 0.1) is 0 Å². The topological polar surface area (TPSA) is 77.2 Å². The van der Waals surface area contributed by atoms with E-state index in [4.69, 9.17) is 9.15 Å². The molecule has 0 aliphatic rings. The van der Waals surface area contributed by atoms with Gasteiger partial charge in [0.1, 0.15) is 11.6 Å². The number of rotatable bonds is 4. The normalized spacial score (nSPS) is 13.2. The van der Waals surface area contributed by atoms with Crippen molar-refractivity contribution >= 4 is 17.9 Å². The lowest BCUT2D eigenvalue weighted by Crippen LogP contribution is -2.34. The van der Waals surface area contributed by atoms with Crippen LogP contribution in [0.15, 0.2) is 9.64 Å². The molecule has 0 fully saturated rings. The first-order valence-corrected chi connectivity index (χ1v) is 6.76. The van der Waals surface area contributed by atoms with Gasteiger partial charge in [-0.15, -0.1) is 10.2 Å². The number of carbonyl (C=O) groups excluding carboxylic acids is 1. The van der Waals surface area contributed by atoms with Crippen LogP contribution in [-0.4, -0.2) is 27.6 Å². The molecule has 1 atom stereocenters. The van der Waals surface area contributed by atoms with E-state index in [2.05, 4.69) is 15.5 Å². The number of hydrogen-bond acceptors (Lipinski definition) is 6. The Balaban J connectivity index is 2.53. The largest absolute Gasteiger partial charge is 0.444 e. The minimum atomic E-state index is -0.526. The number of amides is 1. The summed E-state index contributed by atoms with van der Waals surface area (Å²) in [5.41, 5.74) is -0.526. The molecule has 1 aromatic heterocycles. The van der Waals surface area contributed by atoms with E-state index >= 15 is 0 Å². The molecular weight excluding hydrogens is 254 g/mol. The van der Waals surface area contributed by atoms with E-state index in [0.717, 1.165) is 5.75 Å². The standard InChI is InChI=1S/C11H19N3O3S/c1-6-18-10-14-13-8(16-10)7(2)12-9(15)17-11(3,4)5/h7H,6H2,1-5H3,(H,12,15)/t7-/m1/s1. The molecule has 0 radical (unpaired) electrons. The van der Waals surface area contributed by atoms with Crippen LogP contribution >= 0.6 is 11.8 Å². The van der Waals surface area contributed by atoms with Crippen molar-refractivity contribution in [3.63, 3.8) is 0 Å². The van der Waals surface area contributed by atoms with Crippen molar-refractivity contribution in [2.75, 3.05) is 5.75 Å². The van der Waals surface area contributed by atoms with Gasteiger partial charge >= 0.3 is 6.09 Å². The predicted octanol–water partition coefficient (Wildman–Crippen LogP) is 2.77. The van der Waals surface area contributed by atoms with Gasteiger partial charge in [-0.1, -0.05) is 18.7 Å². The Kier molecular flexibility index (Phi) is 5.01. The molecule has 0 saturated carbocycles. The van der Waals surface area contributed by atoms with E-state index in [1.54, 1.807) is 27.7 Å². The third-order valence-corrected chi connectivity index (χ3v) is 2.49. The number of hydrogen-bond donors (Lipinski definition) is 1. The van der Waals surface area contributed by atoms with Crippen molar-refractivity contribution in [3.8, 4) is 0 Å². The van der Waals surface area contributed by atoms with Gasteiger partial charge in [0, 0.05) is 0 Å². The van der Waals surface area contributed by atoms with Gasteiger partial charge in [-0.05, 0) is 33.4 Å². The fourth-order valence-corrected chi connectivity index (χ4v) is 1.61. The van der Waals surface area contributed by atoms with E-state index < -0.39 is 11.7 Å². The van der Waals surface area contributed by atoms with Gasteiger partial charge in [-0.2, -0.15) is 0 Å². The van der Waals surface area contributed by atoms with E-state index in [0.29, 0.717) is 11.1 Å². The summed E-state index contributed by atoms with van der Waals surface area (Å²) < 4.78 is 10.5. The molecule has 1 aromatic rings. The SMILES string of the molecule is CCSc1nnc([C@@H](C)NC(=O)OC(C)(C)C)o1. The second-order valence-electron chi connectivity index (χ2n) is 4.71. The molecular formula is C11H19N3O3S. The van der Waals surface area contributed by atoms with Crippen LogP contribution in [0.25, 0.3) is 0 Å². The van der Waals surface area contributed by atoms with Crippen LogP contribution < -0.4 is 5.32 Å². The van der Waals surface area contributed by atoms with Crippen LogP contribution in [-0.2, 0) is 4.74 Å². The van der Waals surface area contributed by atoms with Crippen LogP contribution in [0.4, 0.5) is 4.79 Å². The Morgan fingerprint density at radius 2 is 2.17 bits per heavy atom. The van der Waals surface area contributed by atoms with E-state index in [9.17, 15) is 4.79 Å². The highest BCUT2D eigenvalue weighted by molar-refractivity contribution is 7.99. The maximum atomic E-state index is 11.5. The van der Waals surface area contributed by atoms with Gasteiger partial charge < -0.3 is 14.5 Å². The second kappa shape index (κ2) is 6.08. The molecule has 0 aliphatic heterocycles. The number of ether oxygens (including phenoxy) is 1. The number of carbonyl (C=O) groups is 1. The number of thioether (sulfide) groups is 1. The summed E-state index contributed by atoms with van der Waals surface area (Å²) in [6.07, 6.45) is -0.502. The van der Waals surface area contributed by atoms with Crippen molar-refractivity contribution in [1.29, 1.82) is 0 Å². The zero-order valence-electron chi connectivity index (χ0n) is 11.3. The van der Waals surface area contributed by atoms with Gasteiger partial charge in [-0.3, -0.25) is 0 Å². The fraction of sp³-hybridized carbons (Fsp3) is 0.727. The van der Waals surface area contributed by atoms with Crippen LogP contribution in [0.2, 0.25) is 0 Å². The highest BCUT2D eigenvalue weighted by atomic mass is 32.2. The summed E-state index contributed by atoms with van der Waals surface area (Å²) >= 11 is 1.46. The lowest BCUT2D eigenvalue weighted by Gasteiger charge is -2.20. The Bertz CT molecular complexity index is 400. The van der Waals surface area contributed by atoms with Crippen molar-refractivity contribution in [1.82, 2.24) is 15.5 Å². The average molecular weight is 273 g/mol. The molecule has 102 valence electrons. The Labute approximate surface area is 111 Å². The Hall–Kier alpha value is -1.24. The van der Waals surface area contributed by atoms with Gasteiger partial charge in [0.2, 0.25) is 5.89 Å². The van der Waals surface area contributed by atoms with Crippen molar-refractivity contribution in [2.24, 2.45) is 0 Å². The fourth-order valence-electron chi connectivity index (χ4n) is 1.12. The van der Waals surface area contributed by atoms with Crippen LogP contribution in [0.1, 0.15) is 46.6 Å². The molecule has 6 nitrogen and oxygen atoms in total. The summed E-state index contributed by atoms with van der Waals surface area (Å²) in [6, 6.07) is -0.376. The molecule has 1 rings (SSSR count). The quantitative estimate of drug-likeness (QED) is 0.850. The Morgan fingerprint density at radius 1 is 1.50 bits per heavy atom. The first-order valence-electron chi connectivity index (χ1n) is 5.77. The van der Waals surface area contributed by atoms with Gasteiger partial charge in [0.25, 0.3) is 5.22 Å².